The highest BCUT2D eigenvalue weighted by Gasteiger charge is 2.40. The molecule has 2 heterocycles. The maximum Gasteiger partial charge on any atom is 0.338 e. The summed E-state index contributed by atoms with van der Waals surface area (Å²) in [5, 5.41) is 5.79. The highest BCUT2D eigenvalue weighted by atomic mass is 16.5. The molecule has 0 saturated carbocycles. The van der Waals surface area contributed by atoms with E-state index in [2.05, 4.69) is 15.5 Å². The number of benzene rings is 1. The molecule has 11 nitrogen and oxygen atoms in total. The third-order valence-corrected chi connectivity index (χ3v) is 6.36. The summed E-state index contributed by atoms with van der Waals surface area (Å²) < 4.78 is 16.4. The Hall–Kier alpha value is -3.47. The maximum atomic E-state index is 13.4. The first-order valence-corrected chi connectivity index (χ1v) is 12.3. The number of amides is 4. The summed E-state index contributed by atoms with van der Waals surface area (Å²) >= 11 is 0. The van der Waals surface area contributed by atoms with E-state index >= 15 is 0 Å². The topological polar surface area (TPSA) is 113 Å². The number of nitrogens with one attached hydrogen (secondary N) is 2. The number of urea groups is 2. The van der Waals surface area contributed by atoms with Gasteiger partial charge in [0.05, 0.1) is 32.4 Å². The molecule has 1 unspecified atom stereocenters. The van der Waals surface area contributed by atoms with E-state index in [1.165, 1.54) is 7.11 Å². The van der Waals surface area contributed by atoms with Gasteiger partial charge in [0.15, 0.2) is 0 Å². The molecule has 4 amide bonds. The van der Waals surface area contributed by atoms with Crippen LogP contribution in [0.2, 0.25) is 0 Å². The van der Waals surface area contributed by atoms with Gasteiger partial charge in [0.25, 0.3) is 0 Å². The van der Waals surface area contributed by atoms with Crippen molar-refractivity contribution in [2.75, 3.05) is 66.6 Å². The molecule has 1 atom stereocenters. The van der Waals surface area contributed by atoms with Crippen molar-refractivity contribution in [1.29, 1.82) is 0 Å². The van der Waals surface area contributed by atoms with Gasteiger partial charge in [-0.1, -0.05) is 0 Å². The van der Waals surface area contributed by atoms with E-state index in [0.717, 1.165) is 0 Å². The average molecular weight is 504 g/mol. The minimum atomic E-state index is -0.781. The Morgan fingerprint density at radius 3 is 2.39 bits per heavy atom. The minimum Gasteiger partial charge on any atom is -0.497 e. The average Bonchev–Trinajstić information content (AvgIpc) is 2.88. The number of ether oxygens (including phenoxy) is 3. The SMILES string of the molecule is CCNC(=O)N1CCN(CC2=C(C(=O)OCC)C(c3cc(OC)ccc3OC)NC(=O)N2CC)CC1. The fraction of sp³-hybridized carbons (Fsp3) is 0.560. The van der Waals surface area contributed by atoms with E-state index in [1.54, 1.807) is 42.0 Å². The van der Waals surface area contributed by atoms with E-state index in [4.69, 9.17) is 14.2 Å². The van der Waals surface area contributed by atoms with E-state index < -0.39 is 12.0 Å². The lowest BCUT2D eigenvalue weighted by Crippen LogP contribution is -2.55. The first-order valence-electron chi connectivity index (χ1n) is 12.3. The molecule has 3 rings (SSSR count). The van der Waals surface area contributed by atoms with Crippen LogP contribution >= 0.6 is 0 Å². The quantitative estimate of drug-likeness (QED) is 0.496. The summed E-state index contributed by atoms with van der Waals surface area (Å²) in [4.78, 5) is 44.3. The number of hydrogen-bond acceptors (Lipinski definition) is 7. The first-order chi connectivity index (χ1) is 17.4. The van der Waals surface area contributed by atoms with Crippen LogP contribution in [0, 0.1) is 0 Å². The number of carbonyl (C=O) groups excluding carboxylic acids is 3. The fourth-order valence-corrected chi connectivity index (χ4v) is 4.54. The molecule has 0 bridgehead atoms. The largest absolute Gasteiger partial charge is 0.497 e. The molecule has 36 heavy (non-hydrogen) atoms. The Labute approximate surface area is 212 Å². The molecule has 0 radical (unpaired) electrons. The number of methoxy groups -OCH3 is 2. The predicted molar refractivity (Wildman–Crippen MR) is 134 cm³/mol. The lowest BCUT2D eigenvalue weighted by molar-refractivity contribution is -0.139. The van der Waals surface area contributed by atoms with Crippen molar-refractivity contribution in [1.82, 2.24) is 25.3 Å². The molecule has 1 aromatic carbocycles. The van der Waals surface area contributed by atoms with Crippen LogP contribution in [0.5, 0.6) is 11.5 Å². The third kappa shape index (κ3) is 5.84. The zero-order chi connectivity index (χ0) is 26.2. The molecule has 0 aliphatic carbocycles. The lowest BCUT2D eigenvalue weighted by Gasteiger charge is -2.40. The number of rotatable bonds is 9. The Bertz CT molecular complexity index is 989. The van der Waals surface area contributed by atoms with Crippen LogP contribution in [0.15, 0.2) is 29.5 Å². The summed E-state index contributed by atoms with van der Waals surface area (Å²) in [5.74, 6) is 0.591. The van der Waals surface area contributed by atoms with Gasteiger partial charge in [-0.2, -0.15) is 0 Å². The smallest absolute Gasteiger partial charge is 0.338 e. The summed E-state index contributed by atoms with van der Waals surface area (Å²) in [5.41, 5.74) is 1.54. The number of piperazine rings is 1. The van der Waals surface area contributed by atoms with Crippen LogP contribution in [0.1, 0.15) is 32.4 Å². The number of hydrogen-bond donors (Lipinski definition) is 2. The summed E-state index contributed by atoms with van der Waals surface area (Å²) in [6.07, 6.45) is 0. The van der Waals surface area contributed by atoms with Gasteiger partial charge in [0.1, 0.15) is 11.5 Å². The summed E-state index contributed by atoms with van der Waals surface area (Å²) in [6, 6.07) is 4.09. The van der Waals surface area contributed by atoms with Gasteiger partial charge in [-0.05, 0) is 39.0 Å². The molecule has 2 aliphatic heterocycles. The van der Waals surface area contributed by atoms with E-state index in [-0.39, 0.29) is 18.7 Å². The highest BCUT2D eigenvalue weighted by Crippen LogP contribution is 2.38. The molecule has 2 N–H and O–H groups in total. The van der Waals surface area contributed by atoms with Crippen LogP contribution in [-0.4, -0.2) is 99.4 Å². The first kappa shape index (κ1) is 27.1. The molecule has 2 aliphatic rings. The molecule has 1 saturated heterocycles. The second-order valence-electron chi connectivity index (χ2n) is 8.41. The van der Waals surface area contributed by atoms with Crippen LogP contribution in [-0.2, 0) is 9.53 Å². The van der Waals surface area contributed by atoms with Crippen molar-refractivity contribution in [2.24, 2.45) is 0 Å². The van der Waals surface area contributed by atoms with Gasteiger partial charge >= 0.3 is 18.0 Å². The molecule has 1 aromatic rings. The molecule has 0 spiro atoms. The van der Waals surface area contributed by atoms with E-state index in [9.17, 15) is 14.4 Å². The van der Waals surface area contributed by atoms with E-state index in [0.29, 0.717) is 74.1 Å². The Morgan fingerprint density at radius 2 is 1.81 bits per heavy atom. The van der Waals surface area contributed by atoms with Crippen molar-refractivity contribution in [2.45, 2.75) is 26.8 Å². The van der Waals surface area contributed by atoms with Gasteiger partial charge in [-0.15, -0.1) is 0 Å². The second-order valence-corrected chi connectivity index (χ2v) is 8.41. The van der Waals surface area contributed by atoms with Gasteiger partial charge in [-0.3, -0.25) is 9.80 Å². The van der Waals surface area contributed by atoms with Crippen molar-refractivity contribution in [3.8, 4) is 11.5 Å². The van der Waals surface area contributed by atoms with Gasteiger partial charge < -0.3 is 29.7 Å². The van der Waals surface area contributed by atoms with Crippen molar-refractivity contribution >= 4 is 18.0 Å². The Kier molecular flexibility index (Phi) is 9.40. The molecule has 0 aromatic heterocycles. The van der Waals surface area contributed by atoms with Crippen LogP contribution in [0.25, 0.3) is 0 Å². The Balaban J connectivity index is 2.02. The second kappa shape index (κ2) is 12.5. The van der Waals surface area contributed by atoms with Crippen molar-refractivity contribution in [3.05, 3.63) is 35.0 Å². The number of nitrogens with zero attached hydrogens (tertiary/aromatic N) is 3. The predicted octanol–water partition coefficient (Wildman–Crippen LogP) is 1.95. The van der Waals surface area contributed by atoms with Gasteiger partial charge in [0, 0.05) is 57.1 Å². The summed E-state index contributed by atoms with van der Waals surface area (Å²) in [7, 11) is 3.09. The maximum absolute atomic E-state index is 13.4. The zero-order valence-electron chi connectivity index (χ0n) is 21.8. The highest BCUT2D eigenvalue weighted by molar-refractivity contribution is 5.95. The number of esters is 1. The fourth-order valence-electron chi connectivity index (χ4n) is 4.54. The van der Waals surface area contributed by atoms with Crippen LogP contribution in [0.3, 0.4) is 0 Å². The van der Waals surface area contributed by atoms with Crippen molar-refractivity contribution < 1.29 is 28.6 Å². The number of likely N-dealkylation sites (N-methyl/N-ethyl adjacent to an activating group) is 1. The van der Waals surface area contributed by atoms with Gasteiger partial charge in [-0.25, -0.2) is 14.4 Å². The molecule has 1 fully saturated rings. The van der Waals surface area contributed by atoms with E-state index in [1.807, 2.05) is 13.8 Å². The molecule has 11 heteroatoms. The minimum absolute atomic E-state index is 0.0824. The lowest BCUT2D eigenvalue weighted by atomic mass is 9.93. The normalized spacial score (nSPS) is 18.6. The molecule has 198 valence electrons. The van der Waals surface area contributed by atoms with Gasteiger partial charge in [0.2, 0.25) is 0 Å². The third-order valence-electron chi connectivity index (χ3n) is 6.36. The van der Waals surface area contributed by atoms with Crippen LogP contribution in [0.4, 0.5) is 9.59 Å². The Morgan fingerprint density at radius 1 is 1.08 bits per heavy atom. The number of carbonyl (C=O) groups is 3. The van der Waals surface area contributed by atoms with Crippen molar-refractivity contribution in [3.63, 3.8) is 0 Å². The zero-order valence-corrected chi connectivity index (χ0v) is 21.8. The monoisotopic (exact) mass is 503 g/mol. The van der Waals surface area contributed by atoms with Crippen LogP contribution < -0.4 is 20.1 Å². The standard InChI is InChI=1S/C25H37N5O6/c1-6-26-24(32)29-13-11-28(12-14-29)16-19-21(23(31)36-8-3)22(27-25(33)30(19)7-2)18-15-17(34-4)9-10-20(18)35-5/h9-10,15,22H,6-8,11-14,16H2,1-5H3,(H,26,32)(H,27,33). The summed E-state index contributed by atoms with van der Waals surface area (Å²) in [6.45, 7) is 9.35. The molecular formula is C25H37N5O6. The molecular weight excluding hydrogens is 466 g/mol.